The summed E-state index contributed by atoms with van der Waals surface area (Å²) in [4.78, 5) is 43.3. The largest absolute Gasteiger partial charge is 0.481 e. The van der Waals surface area contributed by atoms with E-state index < -0.39 is 41.9 Å². The van der Waals surface area contributed by atoms with Crippen molar-refractivity contribution >= 4 is 23.8 Å². The Bertz CT molecular complexity index is 808. The van der Waals surface area contributed by atoms with Crippen LogP contribution >= 0.6 is 0 Å². The van der Waals surface area contributed by atoms with Crippen LogP contribution in [0.15, 0.2) is 30.3 Å². The first-order chi connectivity index (χ1) is 14.6. The van der Waals surface area contributed by atoms with Crippen LogP contribution in [0, 0.1) is 5.92 Å². The number of esters is 2. The summed E-state index contributed by atoms with van der Waals surface area (Å²) in [5, 5.41) is 10.2. The van der Waals surface area contributed by atoms with Crippen molar-refractivity contribution in [3.8, 4) is 0 Å². The van der Waals surface area contributed by atoms with Gasteiger partial charge in [-0.15, -0.1) is 0 Å². The lowest BCUT2D eigenvalue weighted by Gasteiger charge is -2.26. The van der Waals surface area contributed by atoms with E-state index in [0.717, 1.165) is 12.5 Å². The number of carbonyl (C=O) groups excluding carboxylic acids is 3. The molecule has 5 unspecified atom stereocenters. The number of hydrogen-bond acceptors (Lipinski definition) is 8. The van der Waals surface area contributed by atoms with Gasteiger partial charge in [-0.25, -0.2) is 0 Å². The number of benzene rings is 1. The predicted octanol–water partition coefficient (Wildman–Crippen LogP) is 1.02. The smallest absolute Gasteiger partial charge is 0.303 e. The van der Waals surface area contributed by atoms with Gasteiger partial charge in [0.15, 0.2) is 11.9 Å². The summed E-state index contributed by atoms with van der Waals surface area (Å²) in [7, 11) is 0. The molecule has 1 saturated carbocycles. The fourth-order valence-corrected chi connectivity index (χ4v) is 3.57. The van der Waals surface area contributed by atoms with Crippen molar-refractivity contribution in [2.24, 2.45) is 5.92 Å². The summed E-state index contributed by atoms with van der Waals surface area (Å²) in [6.45, 7) is 5.27. The highest BCUT2D eigenvalue weighted by molar-refractivity contribution is 5.74. The van der Waals surface area contributed by atoms with E-state index >= 15 is 0 Å². The van der Waals surface area contributed by atoms with Gasteiger partial charge in [0.1, 0.15) is 12.7 Å². The highest BCUT2D eigenvalue weighted by atomic mass is 16.7. The molecule has 2 fully saturated rings. The van der Waals surface area contributed by atoms with Crippen LogP contribution in [-0.2, 0) is 44.7 Å². The Morgan fingerprint density at radius 2 is 1.68 bits per heavy atom. The first-order valence-electron chi connectivity index (χ1n) is 9.67. The second-order valence-electron chi connectivity index (χ2n) is 7.32. The topological polar surface area (TPSA) is 137 Å². The maximum absolute atomic E-state index is 11.7. The molecular formula is C21H27NO9. The molecule has 0 bridgehead atoms. The molecule has 3 rings (SSSR count). The Morgan fingerprint density at radius 1 is 1.06 bits per heavy atom. The van der Waals surface area contributed by atoms with Gasteiger partial charge in [-0.05, 0) is 5.56 Å². The van der Waals surface area contributed by atoms with E-state index in [-0.39, 0.29) is 25.0 Å². The third-order valence-corrected chi connectivity index (χ3v) is 4.70. The average molecular weight is 437 g/mol. The molecule has 10 nitrogen and oxygen atoms in total. The summed E-state index contributed by atoms with van der Waals surface area (Å²) in [5.74, 6) is -2.38. The molecule has 170 valence electrons. The van der Waals surface area contributed by atoms with Gasteiger partial charge in [0.25, 0.3) is 5.97 Å². The van der Waals surface area contributed by atoms with Gasteiger partial charge in [0.05, 0.1) is 18.6 Å². The third kappa shape index (κ3) is 6.50. The van der Waals surface area contributed by atoms with Gasteiger partial charge in [-0.3, -0.25) is 19.2 Å². The lowest BCUT2D eigenvalue weighted by molar-refractivity contribution is -0.201. The molecule has 0 radical (unpaired) electrons. The van der Waals surface area contributed by atoms with Crippen LogP contribution in [0.1, 0.15) is 33.3 Å². The van der Waals surface area contributed by atoms with Crippen LogP contribution in [0.3, 0.4) is 0 Å². The van der Waals surface area contributed by atoms with Crippen LogP contribution in [0.5, 0.6) is 0 Å². The van der Waals surface area contributed by atoms with E-state index in [2.05, 4.69) is 5.32 Å². The van der Waals surface area contributed by atoms with Crippen LogP contribution in [0.25, 0.3) is 0 Å². The van der Waals surface area contributed by atoms with Gasteiger partial charge >= 0.3 is 11.9 Å². The summed E-state index contributed by atoms with van der Waals surface area (Å²) in [6, 6.07) is 9.01. The molecule has 0 aromatic heterocycles. The Kier molecular flexibility index (Phi) is 8.12. The van der Waals surface area contributed by atoms with Gasteiger partial charge in [0, 0.05) is 27.7 Å². The lowest BCUT2D eigenvalue weighted by Crippen LogP contribution is -2.45. The number of amides is 1. The van der Waals surface area contributed by atoms with Gasteiger partial charge in [-0.1, -0.05) is 30.3 Å². The van der Waals surface area contributed by atoms with Crippen LogP contribution in [0.4, 0.5) is 0 Å². The van der Waals surface area contributed by atoms with Crippen molar-refractivity contribution in [2.45, 2.75) is 58.3 Å². The zero-order valence-corrected chi connectivity index (χ0v) is 17.8. The van der Waals surface area contributed by atoms with Crippen molar-refractivity contribution in [1.29, 1.82) is 0 Å². The molecule has 1 aliphatic heterocycles. The molecule has 1 saturated heterocycles. The summed E-state index contributed by atoms with van der Waals surface area (Å²) < 4.78 is 22.3. The van der Waals surface area contributed by atoms with Crippen LogP contribution in [0.2, 0.25) is 0 Å². The van der Waals surface area contributed by atoms with Gasteiger partial charge in [-0.2, -0.15) is 0 Å². The molecule has 1 aliphatic carbocycles. The molecule has 2 aliphatic rings. The van der Waals surface area contributed by atoms with Crippen LogP contribution in [-0.4, -0.2) is 59.6 Å². The number of carboxylic acid groups (broad SMARTS) is 1. The maximum Gasteiger partial charge on any atom is 0.303 e. The molecule has 2 N–H and O–H groups in total. The monoisotopic (exact) mass is 437 g/mol. The standard InChI is InChI=1S/C19H23NO7.C2H4O2/c1-11(21)20-16-15-17(26-13(3)23)19(15,10-25-12(2)22)27-18(16)24-9-14-7-5-4-6-8-14;1-2(3)4/h4-8,15-18H,9-10H2,1-3H3,(H,20,21);1H3,(H,3,4). The van der Waals surface area contributed by atoms with Crippen molar-refractivity contribution in [3.05, 3.63) is 35.9 Å². The second kappa shape index (κ2) is 10.4. The highest BCUT2D eigenvalue weighted by Crippen LogP contribution is 2.58. The third-order valence-electron chi connectivity index (χ3n) is 4.70. The maximum atomic E-state index is 11.7. The molecule has 1 heterocycles. The minimum Gasteiger partial charge on any atom is -0.481 e. The number of carboxylic acids is 1. The normalized spacial score (nSPS) is 27.7. The van der Waals surface area contributed by atoms with Crippen molar-refractivity contribution in [2.75, 3.05) is 6.61 Å². The van der Waals surface area contributed by atoms with E-state index in [9.17, 15) is 14.4 Å². The SMILES string of the molecule is CC(=O)NC1C(OCc2ccccc2)OC2(COC(C)=O)C(OC(C)=O)C12.CC(=O)O. The van der Waals surface area contributed by atoms with Crippen molar-refractivity contribution < 1.29 is 43.2 Å². The number of fused-ring (bicyclic) bond motifs is 1. The Balaban J connectivity index is 0.000000785. The molecule has 10 heteroatoms. The van der Waals surface area contributed by atoms with E-state index in [1.165, 1.54) is 20.8 Å². The fourth-order valence-electron chi connectivity index (χ4n) is 3.57. The van der Waals surface area contributed by atoms with E-state index in [0.29, 0.717) is 0 Å². The minimum absolute atomic E-state index is 0.0772. The first kappa shape index (κ1) is 24.3. The fraction of sp³-hybridized carbons (Fsp3) is 0.524. The van der Waals surface area contributed by atoms with E-state index in [1.807, 2.05) is 30.3 Å². The number of ether oxygens (including phenoxy) is 4. The quantitative estimate of drug-likeness (QED) is 0.599. The summed E-state index contributed by atoms with van der Waals surface area (Å²) in [6.07, 6.45) is -1.36. The Hall–Kier alpha value is -2.98. The zero-order valence-electron chi connectivity index (χ0n) is 17.8. The van der Waals surface area contributed by atoms with Crippen LogP contribution < -0.4 is 5.32 Å². The number of rotatable bonds is 7. The number of hydrogen-bond donors (Lipinski definition) is 2. The average Bonchev–Trinajstić information content (AvgIpc) is 3.13. The molecule has 1 aromatic carbocycles. The molecule has 1 aromatic rings. The molecule has 1 amide bonds. The number of aliphatic carboxylic acids is 1. The number of nitrogens with one attached hydrogen (secondary N) is 1. The predicted molar refractivity (Wildman–Crippen MR) is 105 cm³/mol. The highest BCUT2D eigenvalue weighted by Gasteiger charge is 2.79. The Morgan fingerprint density at radius 3 is 2.19 bits per heavy atom. The van der Waals surface area contributed by atoms with E-state index in [4.69, 9.17) is 28.8 Å². The van der Waals surface area contributed by atoms with Crippen molar-refractivity contribution in [1.82, 2.24) is 5.32 Å². The summed E-state index contributed by atoms with van der Waals surface area (Å²) >= 11 is 0. The molecule has 31 heavy (non-hydrogen) atoms. The Labute approximate surface area is 179 Å². The zero-order chi connectivity index (χ0) is 23.2. The second-order valence-corrected chi connectivity index (χ2v) is 7.32. The lowest BCUT2D eigenvalue weighted by atomic mass is 10.1. The van der Waals surface area contributed by atoms with E-state index in [1.54, 1.807) is 0 Å². The molecular weight excluding hydrogens is 410 g/mol. The first-order valence-corrected chi connectivity index (χ1v) is 9.67. The minimum atomic E-state index is -1.01. The molecule has 0 spiro atoms. The van der Waals surface area contributed by atoms with Gasteiger partial charge in [0.2, 0.25) is 5.91 Å². The number of carbonyl (C=O) groups is 4. The molecule has 5 atom stereocenters. The van der Waals surface area contributed by atoms with Gasteiger partial charge < -0.3 is 29.4 Å². The van der Waals surface area contributed by atoms with Crippen molar-refractivity contribution in [3.63, 3.8) is 0 Å². The summed E-state index contributed by atoms with van der Waals surface area (Å²) in [5.41, 5.74) is -0.0555.